The summed E-state index contributed by atoms with van der Waals surface area (Å²) in [5.41, 5.74) is 3.37. The Morgan fingerprint density at radius 3 is 2.59 bits per heavy atom. The lowest BCUT2D eigenvalue weighted by Crippen LogP contribution is -2.01. The molecule has 8 heteroatoms. The molecule has 2 heterocycles. The number of carbonyl (C=O) groups excluding carboxylic acids is 1. The van der Waals surface area contributed by atoms with Gasteiger partial charge in [-0.2, -0.15) is 4.68 Å². The van der Waals surface area contributed by atoms with Crippen molar-refractivity contribution in [3.05, 3.63) is 93.8 Å². The maximum Gasteiger partial charge on any atom is 0.212 e. The van der Waals surface area contributed by atoms with Crippen LogP contribution < -0.4 is 0 Å². The van der Waals surface area contributed by atoms with Gasteiger partial charge in [0.2, 0.25) is 5.13 Å². The Labute approximate surface area is 188 Å². The van der Waals surface area contributed by atoms with Gasteiger partial charge in [-0.25, -0.2) is 13.8 Å². The zero-order valence-electron chi connectivity index (χ0n) is 17.6. The summed E-state index contributed by atoms with van der Waals surface area (Å²) < 4.78 is 28.0. The van der Waals surface area contributed by atoms with Crippen LogP contribution in [0.2, 0.25) is 0 Å². The average Bonchev–Trinajstić information content (AvgIpc) is 3.42. The summed E-state index contributed by atoms with van der Waals surface area (Å²) in [4.78, 5) is 17.7. The second-order valence-corrected chi connectivity index (χ2v) is 8.55. The molecule has 0 spiro atoms. The molecule has 0 amide bonds. The summed E-state index contributed by atoms with van der Waals surface area (Å²) in [5, 5.41) is 8.97. The zero-order valence-corrected chi connectivity index (χ0v) is 18.4. The van der Waals surface area contributed by atoms with E-state index in [9.17, 15) is 13.6 Å². The summed E-state index contributed by atoms with van der Waals surface area (Å²) in [5.74, 6) is -1.88. The first-order valence-corrected chi connectivity index (χ1v) is 11.2. The number of halogens is 2. The third-order valence-electron chi connectivity index (χ3n) is 5.14. The molecule has 32 heavy (non-hydrogen) atoms. The predicted molar refractivity (Wildman–Crippen MR) is 119 cm³/mol. The summed E-state index contributed by atoms with van der Waals surface area (Å²) >= 11 is 1.26. The second kappa shape index (κ2) is 9.91. The molecule has 164 valence electrons. The highest BCUT2D eigenvalue weighted by Crippen LogP contribution is 2.23. The van der Waals surface area contributed by atoms with Crippen molar-refractivity contribution in [1.29, 1.82) is 0 Å². The third kappa shape index (κ3) is 5.31. The van der Waals surface area contributed by atoms with E-state index in [2.05, 4.69) is 27.4 Å². The topological polar surface area (TPSA) is 60.7 Å². The van der Waals surface area contributed by atoms with E-state index in [0.29, 0.717) is 27.7 Å². The maximum atomic E-state index is 13.4. The molecule has 0 saturated heterocycles. The van der Waals surface area contributed by atoms with Crippen LogP contribution in [0.1, 0.15) is 45.0 Å². The van der Waals surface area contributed by atoms with E-state index < -0.39 is 11.6 Å². The Hall–Kier alpha value is -3.26. The van der Waals surface area contributed by atoms with Crippen LogP contribution in [0.5, 0.6) is 0 Å². The van der Waals surface area contributed by atoms with Crippen LogP contribution in [0.25, 0.3) is 5.13 Å². The van der Waals surface area contributed by atoms with Gasteiger partial charge >= 0.3 is 0 Å². The van der Waals surface area contributed by atoms with Crippen molar-refractivity contribution in [3.63, 3.8) is 0 Å². The highest BCUT2D eigenvalue weighted by atomic mass is 32.1. The molecule has 0 radical (unpaired) electrons. The van der Waals surface area contributed by atoms with Crippen LogP contribution in [0, 0.1) is 18.6 Å². The molecule has 0 aliphatic rings. The smallest absolute Gasteiger partial charge is 0.212 e. The quantitative estimate of drug-likeness (QED) is 0.323. The Bertz CT molecular complexity index is 1220. The number of thiazole rings is 1. The van der Waals surface area contributed by atoms with Crippen molar-refractivity contribution < 1.29 is 13.6 Å². The summed E-state index contributed by atoms with van der Waals surface area (Å²) in [6.07, 6.45) is 5.11. The van der Waals surface area contributed by atoms with Gasteiger partial charge in [0, 0.05) is 6.42 Å². The normalized spacial score (nSPS) is 11.1. The number of aryl methyl sites for hydroxylation is 4. The molecular weight excluding hydrogens is 430 g/mol. The van der Waals surface area contributed by atoms with Gasteiger partial charge in [-0.3, -0.25) is 4.79 Å². The first-order chi connectivity index (χ1) is 15.5. The van der Waals surface area contributed by atoms with E-state index in [-0.39, 0.29) is 12.2 Å². The molecule has 0 fully saturated rings. The number of hydrogen-bond acceptors (Lipinski definition) is 5. The lowest BCUT2D eigenvalue weighted by atomic mass is 10.1. The number of benzene rings is 2. The van der Waals surface area contributed by atoms with Crippen LogP contribution in [-0.4, -0.2) is 25.8 Å². The second-order valence-electron chi connectivity index (χ2n) is 7.58. The standard InChI is InChI=1S/C24H22F2N4OS/c1-16-23(22(31)13-11-18-10-12-20(25)21(26)14-18)32-24(27-16)30-15-19(28-29-30)9-5-8-17-6-3-2-4-7-17/h2-4,6-7,10,12,14-15H,5,8-9,11,13H2,1H3. The maximum absolute atomic E-state index is 13.4. The molecule has 0 saturated carbocycles. The summed E-state index contributed by atoms with van der Waals surface area (Å²) in [7, 11) is 0. The first kappa shape index (κ1) is 22.0. The lowest BCUT2D eigenvalue weighted by molar-refractivity contribution is 0.0986. The Morgan fingerprint density at radius 1 is 1.00 bits per heavy atom. The van der Waals surface area contributed by atoms with E-state index >= 15 is 0 Å². The van der Waals surface area contributed by atoms with Crippen molar-refractivity contribution in [1.82, 2.24) is 20.0 Å². The van der Waals surface area contributed by atoms with Gasteiger partial charge in [-0.1, -0.05) is 52.9 Å². The fraction of sp³-hybridized carbons (Fsp3) is 0.250. The van der Waals surface area contributed by atoms with Gasteiger partial charge in [0.1, 0.15) is 0 Å². The molecule has 0 N–H and O–H groups in total. The van der Waals surface area contributed by atoms with Crippen molar-refractivity contribution in [2.24, 2.45) is 0 Å². The van der Waals surface area contributed by atoms with Gasteiger partial charge in [0.25, 0.3) is 0 Å². The predicted octanol–water partition coefficient (Wildman–Crippen LogP) is 5.30. The van der Waals surface area contributed by atoms with Crippen molar-refractivity contribution in [3.8, 4) is 5.13 Å². The van der Waals surface area contributed by atoms with Crippen molar-refractivity contribution >= 4 is 17.1 Å². The Balaban J connectivity index is 1.36. The molecule has 2 aromatic carbocycles. The van der Waals surface area contributed by atoms with E-state index in [4.69, 9.17) is 0 Å². The van der Waals surface area contributed by atoms with Crippen LogP contribution in [0.3, 0.4) is 0 Å². The molecule has 0 unspecified atom stereocenters. The Kier molecular flexibility index (Phi) is 6.80. The molecule has 5 nitrogen and oxygen atoms in total. The van der Waals surface area contributed by atoms with Gasteiger partial charge in [0.15, 0.2) is 17.4 Å². The largest absolute Gasteiger partial charge is 0.293 e. The van der Waals surface area contributed by atoms with Gasteiger partial charge < -0.3 is 0 Å². The number of Topliss-reactive ketones (excluding diaryl/α,β-unsaturated/α-hetero) is 1. The molecule has 4 aromatic rings. The average molecular weight is 453 g/mol. The first-order valence-electron chi connectivity index (χ1n) is 10.4. The fourth-order valence-electron chi connectivity index (χ4n) is 3.43. The number of carbonyl (C=O) groups is 1. The molecule has 4 rings (SSSR count). The minimum absolute atomic E-state index is 0.0841. The van der Waals surface area contributed by atoms with Crippen molar-refractivity contribution in [2.75, 3.05) is 0 Å². The van der Waals surface area contributed by atoms with Crippen LogP contribution in [0.15, 0.2) is 54.7 Å². The van der Waals surface area contributed by atoms with E-state index in [1.807, 2.05) is 24.4 Å². The van der Waals surface area contributed by atoms with Gasteiger partial charge in [-0.15, -0.1) is 5.10 Å². The van der Waals surface area contributed by atoms with Gasteiger partial charge in [-0.05, 0) is 55.9 Å². The number of nitrogens with zero attached hydrogens (tertiary/aromatic N) is 4. The number of hydrogen-bond donors (Lipinski definition) is 0. The minimum Gasteiger partial charge on any atom is -0.293 e. The monoisotopic (exact) mass is 452 g/mol. The molecular formula is C24H22F2N4OS. The molecule has 2 aromatic heterocycles. The fourth-order valence-corrected chi connectivity index (χ4v) is 4.39. The summed E-state index contributed by atoms with van der Waals surface area (Å²) in [6.45, 7) is 1.78. The van der Waals surface area contributed by atoms with Crippen LogP contribution >= 0.6 is 11.3 Å². The number of rotatable bonds is 9. The van der Waals surface area contributed by atoms with E-state index in [1.54, 1.807) is 11.6 Å². The number of ketones is 1. The lowest BCUT2D eigenvalue weighted by Gasteiger charge is -2.01. The third-order valence-corrected chi connectivity index (χ3v) is 6.33. The van der Waals surface area contributed by atoms with Crippen molar-refractivity contribution in [2.45, 2.75) is 39.0 Å². The molecule has 0 atom stereocenters. The summed E-state index contributed by atoms with van der Waals surface area (Å²) in [6, 6.07) is 14.0. The SMILES string of the molecule is Cc1nc(-n2cc(CCCc3ccccc3)nn2)sc1C(=O)CCc1ccc(F)c(F)c1. The van der Waals surface area contributed by atoms with E-state index in [1.165, 1.54) is 23.0 Å². The molecule has 0 bridgehead atoms. The van der Waals surface area contributed by atoms with Gasteiger partial charge in [0.05, 0.1) is 22.5 Å². The highest BCUT2D eigenvalue weighted by Gasteiger charge is 2.17. The Morgan fingerprint density at radius 2 is 1.81 bits per heavy atom. The minimum atomic E-state index is -0.906. The number of aromatic nitrogens is 4. The van der Waals surface area contributed by atoms with E-state index in [0.717, 1.165) is 37.1 Å². The molecule has 0 aliphatic heterocycles. The highest BCUT2D eigenvalue weighted by molar-refractivity contribution is 7.16. The van der Waals surface area contributed by atoms with Crippen LogP contribution in [-0.2, 0) is 19.3 Å². The van der Waals surface area contributed by atoms with Crippen LogP contribution in [0.4, 0.5) is 8.78 Å². The molecule has 0 aliphatic carbocycles. The zero-order chi connectivity index (χ0) is 22.5.